The number of rotatable bonds is 4. The van der Waals surface area contributed by atoms with E-state index in [4.69, 9.17) is 0 Å². The van der Waals surface area contributed by atoms with Gasteiger partial charge in [-0.15, -0.1) is 0 Å². The fourth-order valence-corrected chi connectivity index (χ4v) is 1.88. The lowest BCUT2D eigenvalue weighted by atomic mass is 9.94. The molecule has 0 spiro atoms. The van der Waals surface area contributed by atoms with E-state index in [-0.39, 0.29) is 18.3 Å². The predicted octanol–water partition coefficient (Wildman–Crippen LogP) is 2.99. The van der Waals surface area contributed by atoms with Gasteiger partial charge in [0.2, 0.25) is 0 Å². The number of benzene rings is 1. The SMILES string of the molecule is COC(=O)CC(C)C(O)c1ccc(Br)c(C)c1. The van der Waals surface area contributed by atoms with Crippen molar-refractivity contribution in [1.29, 1.82) is 0 Å². The zero-order valence-corrected chi connectivity index (χ0v) is 11.8. The summed E-state index contributed by atoms with van der Waals surface area (Å²) in [6.07, 6.45) is -0.437. The van der Waals surface area contributed by atoms with Crippen molar-refractivity contribution in [2.45, 2.75) is 26.4 Å². The van der Waals surface area contributed by atoms with Crippen LogP contribution in [0.3, 0.4) is 0 Å². The van der Waals surface area contributed by atoms with E-state index in [0.717, 1.165) is 15.6 Å². The Balaban J connectivity index is 2.77. The molecule has 3 nitrogen and oxygen atoms in total. The molecule has 0 bridgehead atoms. The molecule has 0 saturated heterocycles. The number of ether oxygens (including phenoxy) is 1. The molecule has 17 heavy (non-hydrogen) atoms. The number of aliphatic hydroxyl groups excluding tert-OH is 1. The Morgan fingerprint density at radius 3 is 2.71 bits per heavy atom. The summed E-state index contributed by atoms with van der Waals surface area (Å²) in [7, 11) is 1.35. The van der Waals surface area contributed by atoms with E-state index in [9.17, 15) is 9.90 Å². The van der Waals surface area contributed by atoms with Crippen LogP contribution in [-0.4, -0.2) is 18.2 Å². The van der Waals surface area contributed by atoms with Gasteiger partial charge in [-0.3, -0.25) is 4.79 Å². The summed E-state index contributed by atoms with van der Waals surface area (Å²) in [5.74, 6) is -0.464. The van der Waals surface area contributed by atoms with Crippen molar-refractivity contribution in [3.63, 3.8) is 0 Å². The van der Waals surface area contributed by atoms with Gasteiger partial charge in [-0.05, 0) is 30.0 Å². The Morgan fingerprint density at radius 1 is 1.53 bits per heavy atom. The summed E-state index contributed by atoms with van der Waals surface area (Å²) in [5, 5.41) is 10.1. The van der Waals surface area contributed by atoms with Crippen molar-refractivity contribution >= 4 is 21.9 Å². The van der Waals surface area contributed by atoms with E-state index in [1.807, 2.05) is 32.0 Å². The molecule has 1 rings (SSSR count). The predicted molar refractivity (Wildman–Crippen MR) is 69.6 cm³/mol. The average Bonchev–Trinajstić information content (AvgIpc) is 2.31. The van der Waals surface area contributed by atoms with Crippen LogP contribution in [0.5, 0.6) is 0 Å². The van der Waals surface area contributed by atoms with Crippen molar-refractivity contribution in [1.82, 2.24) is 0 Å². The van der Waals surface area contributed by atoms with Gasteiger partial charge in [0.15, 0.2) is 0 Å². The number of hydrogen-bond acceptors (Lipinski definition) is 3. The number of methoxy groups -OCH3 is 1. The highest BCUT2D eigenvalue weighted by Gasteiger charge is 2.20. The summed E-state index contributed by atoms with van der Waals surface area (Å²) >= 11 is 3.41. The van der Waals surface area contributed by atoms with Gasteiger partial charge in [0.05, 0.1) is 19.6 Å². The Hall–Kier alpha value is -0.870. The molecule has 0 aliphatic carbocycles. The van der Waals surface area contributed by atoms with E-state index in [1.54, 1.807) is 0 Å². The molecule has 1 aromatic rings. The molecule has 4 heteroatoms. The minimum Gasteiger partial charge on any atom is -0.469 e. The number of hydrogen-bond donors (Lipinski definition) is 1. The van der Waals surface area contributed by atoms with Gasteiger partial charge < -0.3 is 9.84 Å². The van der Waals surface area contributed by atoms with Gasteiger partial charge in [-0.2, -0.15) is 0 Å². The molecule has 94 valence electrons. The summed E-state index contributed by atoms with van der Waals surface area (Å²) in [5.41, 5.74) is 1.88. The Kier molecular flexibility index (Phi) is 5.15. The Labute approximate surface area is 110 Å². The average molecular weight is 301 g/mol. The number of carbonyl (C=O) groups is 1. The lowest BCUT2D eigenvalue weighted by molar-refractivity contribution is -0.142. The molecule has 0 fully saturated rings. The standard InChI is InChI=1S/C13H17BrO3/c1-8-6-10(4-5-11(8)14)13(16)9(2)7-12(15)17-3/h4-6,9,13,16H,7H2,1-3H3. The second-order valence-corrected chi connectivity index (χ2v) is 5.07. The lowest BCUT2D eigenvalue weighted by Gasteiger charge is -2.18. The number of esters is 1. The third-order valence-corrected chi connectivity index (χ3v) is 3.67. The number of carbonyl (C=O) groups excluding carboxylic acids is 1. The van der Waals surface area contributed by atoms with Crippen LogP contribution in [0.2, 0.25) is 0 Å². The topological polar surface area (TPSA) is 46.5 Å². The first-order valence-corrected chi connectivity index (χ1v) is 6.26. The first kappa shape index (κ1) is 14.2. The first-order chi connectivity index (χ1) is 7.95. The summed E-state index contributed by atoms with van der Waals surface area (Å²) in [4.78, 5) is 11.1. The monoisotopic (exact) mass is 300 g/mol. The smallest absolute Gasteiger partial charge is 0.305 e. The molecular weight excluding hydrogens is 284 g/mol. The van der Waals surface area contributed by atoms with Crippen LogP contribution in [-0.2, 0) is 9.53 Å². The van der Waals surface area contributed by atoms with E-state index >= 15 is 0 Å². The van der Waals surface area contributed by atoms with Crippen LogP contribution in [0.25, 0.3) is 0 Å². The molecule has 0 aromatic heterocycles. The van der Waals surface area contributed by atoms with Gasteiger partial charge in [0.25, 0.3) is 0 Å². The maximum atomic E-state index is 11.1. The van der Waals surface area contributed by atoms with Crippen LogP contribution < -0.4 is 0 Å². The highest BCUT2D eigenvalue weighted by molar-refractivity contribution is 9.10. The van der Waals surface area contributed by atoms with Gasteiger partial charge in [-0.25, -0.2) is 0 Å². The van der Waals surface area contributed by atoms with E-state index < -0.39 is 6.10 Å². The van der Waals surface area contributed by atoms with Crippen molar-refractivity contribution in [3.8, 4) is 0 Å². The molecule has 0 radical (unpaired) electrons. The number of aliphatic hydroxyl groups is 1. The molecule has 0 saturated carbocycles. The highest BCUT2D eigenvalue weighted by atomic mass is 79.9. The summed E-state index contributed by atoms with van der Waals surface area (Å²) in [6, 6.07) is 5.68. The molecule has 1 N–H and O–H groups in total. The molecule has 0 heterocycles. The zero-order chi connectivity index (χ0) is 13.0. The van der Waals surface area contributed by atoms with Gasteiger partial charge in [0, 0.05) is 4.47 Å². The Bertz CT molecular complexity index is 404. The zero-order valence-electron chi connectivity index (χ0n) is 10.2. The van der Waals surface area contributed by atoms with Crippen molar-refractivity contribution in [3.05, 3.63) is 33.8 Å². The van der Waals surface area contributed by atoms with Crippen LogP contribution in [0.15, 0.2) is 22.7 Å². The highest BCUT2D eigenvalue weighted by Crippen LogP contribution is 2.27. The maximum Gasteiger partial charge on any atom is 0.305 e. The Morgan fingerprint density at radius 2 is 2.18 bits per heavy atom. The third kappa shape index (κ3) is 3.82. The van der Waals surface area contributed by atoms with E-state index in [0.29, 0.717) is 0 Å². The second kappa shape index (κ2) is 6.17. The molecule has 2 unspecified atom stereocenters. The van der Waals surface area contributed by atoms with Crippen LogP contribution in [0.1, 0.15) is 30.6 Å². The fourth-order valence-electron chi connectivity index (χ4n) is 1.64. The van der Waals surface area contributed by atoms with Crippen molar-refractivity contribution in [2.75, 3.05) is 7.11 Å². The van der Waals surface area contributed by atoms with Crippen molar-refractivity contribution in [2.24, 2.45) is 5.92 Å². The van der Waals surface area contributed by atoms with Gasteiger partial charge in [0.1, 0.15) is 0 Å². The molecule has 2 atom stereocenters. The summed E-state index contributed by atoms with van der Waals surface area (Å²) < 4.78 is 5.60. The van der Waals surface area contributed by atoms with Gasteiger partial charge >= 0.3 is 5.97 Å². The lowest BCUT2D eigenvalue weighted by Crippen LogP contribution is -2.15. The van der Waals surface area contributed by atoms with Gasteiger partial charge in [-0.1, -0.05) is 35.0 Å². The molecule has 0 amide bonds. The van der Waals surface area contributed by atoms with E-state index in [2.05, 4.69) is 20.7 Å². The maximum absolute atomic E-state index is 11.1. The van der Waals surface area contributed by atoms with E-state index in [1.165, 1.54) is 7.11 Å². The number of halogens is 1. The fraction of sp³-hybridized carbons (Fsp3) is 0.462. The van der Waals surface area contributed by atoms with Crippen LogP contribution in [0, 0.1) is 12.8 Å². The number of aryl methyl sites for hydroxylation is 1. The van der Waals surface area contributed by atoms with Crippen molar-refractivity contribution < 1.29 is 14.6 Å². The molecule has 0 aliphatic heterocycles. The normalized spacial score (nSPS) is 14.2. The molecule has 1 aromatic carbocycles. The molecular formula is C13H17BrO3. The van der Waals surface area contributed by atoms with Crippen LogP contribution >= 0.6 is 15.9 Å². The minimum atomic E-state index is -0.652. The second-order valence-electron chi connectivity index (χ2n) is 4.21. The minimum absolute atomic E-state index is 0.164. The largest absolute Gasteiger partial charge is 0.469 e. The van der Waals surface area contributed by atoms with Crippen LogP contribution in [0.4, 0.5) is 0 Å². The summed E-state index contributed by atoms with van der Waals surface area (Å²) in [6.45, 7) is 3.80. The third-order valence-electron chi connectivity index (χ3n) is 2.78. The molecule has 0 aliphatic rings. The quantitative estimate of drug-likeness (QED) is 0.870. The first-order valence-electron chi connectivity index (χ1n) is 5.46.